The second kappa shape index (κ2) is 6.74. The number of nitrogens with two attached hydrogens (primary N) is 1. The Kier molecular flexibility index (Phi) is 4.98. The molecule has 0 aromatic heterocycles. The summed E-state index contributed by atoms with van der Waals surface area (Å²) < 4.78 is 24.2. The maximum Gasteiger partial charge on any atom is 0.161 e. The van der Waals surface area contributed by atoms with Crippen LogP contribution in [0.5, 0.6) is 11.5 Å². The van der Waals surface area contributed by atoms with Gasteiger partial charge in [0.25, 0.3) is 0 Å². The summed E-state index contributed by atoms with van der Waals surface area (Å²) in [5, 5.41) is 0.0807. The van der Waals surface area contributed by atoms with Crippen molar-refractivity contribution in [2.75, 3.05) is 7.11 Å². The van der Waals surface area contributed by atoms with Gasteiger partial charge in [-0.1, -0.05) is 29.9 Å². The molecule has 0 aliphatic heterocycles. The molecule has 0 fully saturated rings. The van der Waals surface area contributed by atoms with Crippen LogP contribution < -0.4 is 15.2 Å². The van der Waals surface area contributed by atoms with Gasteiger partial charge in [-0.2, -0.15) is 0 Å². The van der Waals surface area contributed by atoms with Gasteiger partial charge in [-0.25, -0.2) is 4.39 Å². The number of hydrogen-bond donors (Lipinski definition) is 1. The summed E-state index contributed by atoms with van der Waals surface area (Å²) >= 11 is 10.5. The molecule has 0 heterocycles. The highest BCUT2D eigenvalue weighted by atomic mass is 35.5. The lowest BCUT2D eigenvalue weighted by atomic mass is 10.2. The zero-order valence-corrected chi connectivity index (χ0v) is 12.8. The summed E-state index contributed by atoms with van der Waals surface area (Å²) in [5.74, 6) is 0.552. The van der Waals surface area contributed by atoms with Gasteiger partial charge in [0, 0.05) is 5.56 Å². The third-order valence-electron chi connectivity index (χ3n) is 2.83. The van der Waals surface area contributed by atoms with E-state index in [2.05, 4.69) is 0 Å². The van der Waals surface area contributed by atoms with E-state index in [-0.39, 0.29) is 16.6 Å². The SMILES string of the molecule is COc1cc(C(N)=S)ccc1OCc1ccc(Cl)c(F)c1. The fraction of sp³-hybridized carbons (Fsp3) is 0.133. The molecule has 0 saturated heterocycles. The highest BCUT2D eigenvalue weighted by Gasteiger charge is 2.08. The van der Waals surface area contributed by atoms with Crippen molar-refractivity contribution in [2.24, 2.45) is 5.73 Å². The third kappa shape index (κ3) is 3.83. The van der Waals surface area contributed by atoms with E-state index in [4.69, 9.17) is 39.0 Å². The molecular formula is C15H13ClFNO2S. The molecular weight excluding hydrogens is 313 g/mol. The molecule has 0 radical (unpaired) electrons. The Morgan fingerprint density at radius 2 is 2.00 bits per heavy atom. The van der Waals surface area contributed by atoms with Gasteiger partial charge in [0.05, 0.1) is 12.1 Å². The summed E-state index contributed by atoms with van der Waals surface area (Å²) in [6, 6.07) is 9.66. The average Bonchev–Trinajstić information content (AvgIpc) is 2.48. The Labute approximate surface area is 132 Å². The summed E-state index contributed by atoms with van der Waals surface area (Å²) in [6.45, 7) is 0.191. The lowest BCUT2D eigenvalue weighted by molar-refractivity contribution is 0.284. The fourth-order valence-electron chi connectivity index (χ4n) is 1.73. The Balaban J connectivity index is 2.15. The van der Waals surface area contributed by atoms with Gasteiger partial charge < -0.3 is 15.2 Å². The number of hydrogen-bond acceptors (Lipinski definition) is 3. The monoisotopic (exact) mass is 325 g/mol. The molecule has 2 aromatic rings. The molecule has 110 valence electrons. The van der Waals surface area contributed by atoms with Crippen LogP contribution in [0.4, 0.5) is 4.39 Å². The third-order valence-corrected chi connectivity index (χ3v) is 3.37. The van der Waals surface area contributed by atoms with Gasteiger partial charge in [-0.05, 0) is 35.9 Å². The van der Waals surface area contributed by atoms with E-state index in [1.165, 1.54) is 19.2 Å². The molecule has 0 aliphatic carbocycles. The van der Waals surface area contributed by atoms with E-state index >= 15 is 0 Å². The van der Waals surface area contributed by atoms with E-state index in [0.29, 0.717) is 22.6 Å². The standard InChI is InChI=1S/C15H13ClFNO2S/c1-19-14-7-10(15(18)21)3-5-13(14)20-8-9-2-4-11(16)12(17)6-9/h2-7H,8H2,1H3,(H2,18,21). The van der Waals surface area contributed by atoms with Crippen LogP contribution in [0.3, 0.4) is 0 Å². The second-order valence-corrected chi connectivity index (χ2v) is 5.11. The molecule has 0 bridgehead atoms. The predicted molar refractivity (Wildman–Crippen MR) is 84.6 cm³/mol. The summed E-state index contributed by atoms with van der Waals surface area (Å²) in [5.41, 5.74) is 6.92. The van der Waals surface area contributed by atoms with Gasteiger partial charge in [0.1, 0.15) is 17.4 Å². The number of halogens is 2. The minimum absolute atomic E-state index is 0.0807. The van der Waals surface area contributed by atoms with Crippen LogP contribution in [0.2, 0.25) is 5.02 Å². The molecule has 0 spiro atoms. The van der Waals surface area contributed by atoms with E-state index in [9.17, 15) is 4.39 Å². The smallest absolute Gasteiger partial charge is 0.161 e. The topological polar surface area (TPSA) is 44.5 Å². The lowest BCUT2D eigenvalue weighted by Gasteiger charge is -2.12. The van der Waals surface area contributed by atoms with Crippen molar-refractivity contribution in [1.82, 2.24) is 0 Å². The molecule has 3 nitrogen and oxygen atoms in total. The van der Waals surface area contributed by atoms with Crippen LogP contribution in [-0.4, -0.2) is 12.1 Å². The Hall–Kier alpha value is -1.85. The van der Waals surface area contributed by atoms with Crippen LogP contribution in [0.25, 0.3) is 0 Å². The fourth-order valence-corrected chi connectivity index (χ4v) is 1.98. The number of thiocarbonyl (C=S) groups is 1. The van der Waals surface area contributed by atoms with Crippen molar-refractivity contribution in [3.63, 3.8) is 0 Å². The van der Waals surface area contributed by atoms with Crippen LogP contribution >= 0.6 is 23.8 Å². The number of ether oxygens (including phenoxy) is 2. The molecule has 6 heteroatoms. The average molecular weight is 326 g/mol. The Morgan fingerprint density at radius 1 is 1.24 bits per heavy atom. The van der Waals surface area contributed by atoms with Crippen LogP contribution in [0.1, 0.15) is 11.1 Å². The van der Waals surface area contributed by atoms with Crippen molar-refractivity contribution >= 4 is 28.8 Å². The molecule has 0 aliphatic rings. The number of rotatable bonds is 5. The highest BCUT2D eigenvalue weighted by Crippen LogP contribution is 2.29. The first kappa shape index (κ1) is 15.5. The summed E-state index contributed by atoms with van der Waals surface area (Å²) in [6.07, 6.45) is 0. The molecule has 21 heavy (non-hydrogen) atoms. The molecule has 2 aromatic carbocycles. The molecule has 0 amide bonds. The maximum absolute atomic E-state index is 13.4. The summed E-state index contributed by atoms with van der Waals surface area (Å²) in [7, 11) is 1.52. The minimum Gasteiger partial charge on any atom is -0.493 e. The normalized spacial score (nSPS) is 10.2. The van der Waals surface area contributed by atoms with E-state index in [0.717, 1.165) is 0 Å². The van der Waals surface area contributed by atoms with Crippen molar-refractivity contribution in [3.8, 4) is 11.5 Å². The first-order valence-electron chi connectivity index (χ1n) is 6.06. The molecule has 0 unspecified atom stereocenters. The van der Waals surface area contributed by atoms with Gasteiger partial charge in [0.15, 0.2) is 11.5 Å². The van der Waals surface area contributed by atoms with Crippen LogP contribution in [0.15, 0.2) is 36.4 Å². The molecule has 2 N–H and O–H groups in total. The van der Waals surface area contributed by atoms with Crippen LogP contribution in [-0.2, 0) is 6.61 Å². The van der Waals surface area contributed by atoms with Crippen molar-refractivity contribution < 1.29 is 13.9 Å². The predicted octanol–water partition coefficient (Wildman–Crippen LogP) is 3.70. The lowest BCUT2D eigenvalue weighted by Crippen LogP contribution is -2.09. The number of benzene rings is 2. The summed E-state index contributed by atoms with van der Waals surface area (Å²) in [4.78, 5) is 0.277. The van der Waals surface area contributed by atoms with Crippen molar-refractivity contribution in [1.29, 1.82) is 0 Å². The molecule has 2 rings (SSSR count). The van der Waals surface area contributed by atoms with Gasteiger partial charge in [-0.15, -0.1) is 0 Å². The Morgan fingerprint density at radius 3 is 2.62 bits per heavy atom. The van der Waals surface area contributed by atoms with Crippen LogP contribution in [0, 0.1) is 5.82 Å². The van der Waals surface area contributed by atoms with E-state index in [1.807, 2.05) is 0 Å². The first-order valence-corrected chi connectivity index (χ1v) is 6.84. The largest absolute Gasteiger partial charge is 0.493 e. The van der Waals surface area contributed by atoms with E-state index in [1.54, 1.807) is 24.3 Å². The van der Waals surface area contributed by atoms with Crippen molar-refractivity contribution in [3.05, 3.63) is 58.4 Å². The van der Waals surface area contributed by atoms with Gasteiger partial charge in [0.2, 0.25) is 0 Å². The van der Waals surface area contributed by atoms with E-state index < -0.39 is 5.82 Å². The molecule has 0 saturated carbocycles. The highest BCUT2D eigenvalue weighted by molar-refractivity contribution is 7.80. The van der Waals surface area contributed by atoms with Gasteiger partial charge >= 0.3 is 0 Å². The number of methoxy groups -OCH3 is 1. The maximum atomic E-state index is 13.4. The minimum atomic E-state index is -0.478. The Bertz CT molecular complexity index is 679. The van der Waals surface area contributed by atoms with Crippen molar-refractivity contribution in [2.45, 2.75) is 6.61 Å². The second-order valence-electron chi connectivity index (χ2n) is 4.27. The van der Waals surface area contributed by atoms with Gasteiger partial charge in [-0.3, -0.25) is 0 Å². The zero-order chi connectivity index (χ0) is 15.4. The molecule has 0 atom stereocenters. The quantitative estimate of drug-likeness (QED) is 0.851. The zero-order valence-electron chi connectivity index (χ0n) is 11.2. The first-order chi connectivity index (χ1) is 10.0.